The van der Waals surface area contributed by atoms with Crippen LogP contribution in [0.15, 0.2) is 24.3 Å². The van der Waals surface area contributed by atoms with Gasteiger partial charge >= 0.3 is 0 Å². The molecule has 0 atom stereocenters. The summed E-state index contributed by atoms with van der Waals surface area (Å²) in [6, 6.07) is 8.13. The van der Waals surface area contributed by atoms with Crippen molar-refractivity contribution in [3.63, 3.8) is 0 Å². The fourth-order valence-corrected chi connectivity index (χ4v) is 2.54. The first-order chi connectivity index (χ1) is 8.38. The highest BCUT2D eigenvalue weighted by atomic mass is 35.5. The van der Waals surface area contributed by atoms with Crippen LogP contribution in [0.2, 0.25) is 0 Å². The molecule has 0 aromatic heterocycles. The fraction of sp³-hybridized carbons (Fsp3) is 0.571. The van der Waals surface area contributed by atoms with Crippen LogP contribution in [-0.2, 0) is 6.54 Å². The van der Waals surface area contributed by atoms with E-state index >= 15 is 0 Å². The van der Waals surface area contributed by atoms with Gasteiger partial charge in [-0.05, 0) is 48.2 Å². The Hall–Kier alpha value is -0.730. The molecule has 1 aromatic rings. The molecule has 0 spiro atoms. The second-order valence-electron chi connectivity index (χ2n) is 4.77. The van der Waals surface area contributed by atoms with Gasteiger partial charge in [-0.15, -0.1) is 0 Å². The molecule has 0 saturated heterocycles. The molecule has 17 heavy (non-hydrogen) atoms. The summed E-state index contributed by atoms with van der Waals surface area (Å²) < 4.78 is 5.86. The first kappa shape index (κ1) is 12.7. The Morgan fingerprint density at radius 3 is 2.82 bits per heavy atom. The lowest BCUT2D eigenvalue weighted by atomic mass is 9.90. The third kappa shape index (κ3) is 4.21. The number of rotatable bonds is 5. The van der Waals surface area contributed by atoms with Crippen LogP contribution in [0.1, 0.15) is 37.7 Å². The van der Waals surface area contributed by atoms with Crippen LogP contribution in [0.25, 0.3) is 0 Å². The van der Waals surface area contributed by atoms with Crippen molar-refractivity contribution in [3.8, 4) is 5.75 Å². The molecule has 1 aliphatic rings. The Labute approximate surface area is 108 Å². The number of halogens is 1. The second-order valence-corrected chi connectivity index (χ2v) is 5.04. The standard InChI is InChI=1S/C14H20ClNO/c15-16-10-13-7-4-8-14(9-13)17-11-12-5-2-1-3-6-12/h4,7-9,12,16H,1-3,5-6,10-11H2. The lowest BCUT2D eigenvalue weighted by molar-refractivity contribution is 0.208. The van der Waals surface area contributed by atoms with E-state index < -0.39 is 0 Å². The minimum absolute atomic E-state index is 0.669. The minimum Gasteiger partial charge on any atom is -0.493 e. The molecule has 1 aromatic carbocycles. The third-order valence-corrected chi connectivity index (χ3v) is 3.51. The number of ether oxygens (including phenoxy) is 1. The lowest BCUT2D eigenvalue weighted by Crippen LogP contribution is -2.15. The molecule has 0 heterocycles. The molecule has 1 N–H and O–H groups in total. The van der Waals surface area contributed by atoms with Crippen LogP contribution in [0.5, 0.6) is 5.75 Å². The summed E-state index contributed by atoms with van der Waals surface area (Å²) in [6.07, 6.45) is 6.77. The summed E-state index contributed by atoms with van der Waals surface area (Å²) in [5, 5.41) is 0. The molecule has 2 rings (SSSR count). The molecular formula is C14H20ClNO. The fourth-order valence-electron chi connectivity index (χ4n) is 2.39. The maximum atomic E-state index is 5.86. The number of benzene rings is 1. The average molecular weight is 254 g/mol. The van der Waals surface area contributed by atoms with Crippen molar-refractivity contribution in [2.75, 3.05) is 6.61 Å². The predicted octanol–water partition coefficient (Wildman–Crippen LogP) is 3.89. The van der Waals surface area contributed by atoms with E-state index in [4.69, 9.17) is 16.5 Å². The first-order valence-electron chi connectivity index (χ1n) is 6.44. The van der Waals surface area contributed by atoms with E-state index in [1.165, 1.54) is 32.1 Å². The molecule has 0 radical (unpaired) electrons. The molecule has 0 unspecified atom stereocenters. The summed E-state index contributed by atoms with van der Waals surface area (Å²) in [5.74, 6) is 1.71. The van der Waals surface area contributed by atoms with Crippen molar-refractivity contribution in [1.29, 1.82) is 0 Å². The van der Waals surface area contributed by atoms with Gasteiger partial charge in [-0.25, -0.2) is 4.84 Å². The highest BCUT2D eigenvalue weighted by Crippen LogP contribution is 2.24. The van der Waals surface area contributed by atoms with Crippen LogP contribution in [0.4, 0.5) is 0 Å². The van der Waals surface area contributed by atoms with Gasteiger partial charge < -0.3 is 4.74 Å². The van der Waals surface area contributed by atoms with Crippen LogP contribution in [0.3, 0.4) is 0 Å². The SMILES string of the molecule is ClNCc1cccc(OCC2CCCCC2)c1. The molecule has 2 nitrogen and oxygen atoms in total. The molecule has 0 amide bonds. The summed E-state index contributed by atoms with van der Waals surface area (Å²) >= 11 is 5.50. The Balaban J connectivity index is 1.83. The highest BCUT2D eigenvalue weighted by Gasteiger charge is 2.13. The smallest absolute Gasteiger partial charge is 0.119 e. The van der Waals surface area contributed by atoms with Crippen LogP contribution >= 0.6 is 11.8 Å². The van der Waals surface area contributed by atoms with E-state index in [0.717, 1.165) is 23.8 Å². The maximum Gasteiger partial charge on any atom is 0.119 e. The van der Waals surface area contributed by atoms with E-state index in [0.29, 0.717) is 6.54 Å². The molecule has 1 saturated carbocycles. The molecule has 1 fully saturated rings. The average Bonchev–Trinajstić information content (AvgIpc) is 2.39. The monoisotopic (exact) mass is 253 g/mol. The zero-order valence-corrected chi connectivity index (χ0v) is 10.9. The Morgan fingerprint density at radius 1 is 1.24 bits per heavy atom. The Bertz CT molecular complexity index is 337. The zero-order chi connectivity index (χ0) is 11.9. The molecule has 0 aliphatic heterocycles. The number of hydrogen-bond donors (Lipinski definition) is 1. The van der Waals surface area contributed by atoms with Crippen LogP contribution in [-0.4, -0.2) is 6.61 Å². The van der Waals surface area contributed by atoms with Gasteiger partial charge in [-0.1, -0.05) is 31.4 Å². The van der Waals surface area contributed by atoms with Crippen LogP contribution in [0, 0.1) is 5.92 Å². The minimum atomic E-state index is 0.669. The highest BCUT2D eigenvalue weighted by molar-refractivity contribution is 6.13. The molecule has 1 aliphatic carbocycles. The Kier molecular flexibility index (Phi) is 5.14. The summed E-state index contributed by atoms with van der Waals surface area (Å²) in [4.78, 5) is 2.63. The normalized spacial score (nSPS) is 17.0. The van der Waals surface area contributed by atoms with Gasteiger partial charge in [0.1, 0.15) is 5.75 Å². The Morgan fingerprint density at radius 2 is 2.06 bits per heavy atom. The van der Waals surface area contributed by atoms with Crippen molar-refractivity contribution in [2.45, 2.75) is 38.6 Å². The lowest BCUT2D eigenvalue weighted by Gasteiger charge is -2.21. The van der Waals surface area contributed by atoms with Crippen LogP contribution < -0.4 is 9.57 Å². The molecule has 94 valence electrons. The van der Waals surface area contributed by atoms with Crippen molar-refractivity contribution in [3.05, 3.63) is 29.8 Å². The van der Waals surface area contributed by atoms with E-state index in [9.17, 15) is 0 Å². The van der Waals surface area contributed by atoms with Crippen molar-refractivity contribution >= 4 is 11.8 Å². The van der Waals surface area contributed by atoms with Gasteiger partial charge in [0.05, 0.1) is 6.61 Å². The van der Waals surface area contributed by atoms with Gasteiger partial charge in [-0.3, -0.25) is 0 Å². The van der Waals surface area contributed by atoms with E-state index in [2.05, 4.69) is 10.9 Å². The van der Waals surface area contributed by atoms with E-state index in [-0.39, 0.29) is 0 Å². The largest absolute Gasteiger partial charge is 0.493 e. The quantitative estimate of drug-likeness (QED) is 0.804. The van der Waals surface area contributed by atoms with Gasteiger partial charge in [-0.2, -0.15) is 0 Å². The molecular weight excluding hydrogens is 234 g/mol. The van der Waals surface area contributed by atoms with Crippen molar-refractivity contribution in [2.24, 2.45) is 5.92 Å². The second kappa shape index (κ2) is 6.87. The van der Waals surface area contributed by atoms with Gasteiger partial charge in [0, 0.05) is 6.54 Å². The van der Waals surface area contributed by atoms with E-state index in [1.807, 2.05) is 18.2 Å². The van der Waals surface area contributed by atoms with Gasteiger partial charge in [0.2, 0.25) is 0 Å². The topological polar surface area (TPSA) is 21.3 Å². The van der Waals surface area contributed by atoms with Gasteiger partial charge in [0.15, 0.2) is 0 Å². The van der Waals surface area contributed by atoms with E-state index in [1.54, 1.807) is 0 Å². The summed E-state index contributed by atoms with van der Waals surface area (Å²) in [5.41, 5.74) is 1.15. The zero-order valence-electron chi connectivity index (χ0n) is 10.1. The van der Waals surface area contributed by atoms with Crippen molar-refractivity contribution < 1.29 is 4.74 Å². The summed E-state index contributed by atoms with van der Waals surface area (Å²) in [7, 11) is 0. The van der Waals surface area contributed by atoms with Gasteiger partial charge in [0.25, 0.3) is 0 Å². The number of hydrogen-bond acceptors (Lipinski definition) is 2. The molecule has 3 heteroatoms. The number of nitrogens with one attached hydrogen (secondary N) is 1. The first-order valence-corrected chi connectivity index (χ1v) is 6.81. The maximum absolute atomic E-state index is 5.86. The summed E-state index contributed by atoms with van der Waals surface area (Å²) in [6.45, 7) is 1.53. The van der Waals surface area contributed by atoms with Crippen molar-refractivity contribution in [1.82, 2.24) is 4.84 Å². The molecule has 0 bridgehead atoms. The third-order valence-electron chi connectivity index (χ3n) is 3.38. The predicted molar refractivity (Wildman–Crippen MR) is 71.2 cm³/mol.